The Morgan fingerprint density at radius 3 is 2.71 bits per heavy atom. The number of hydrogen-bond acceptors (Lipinski definition) is 6. The zero-order valence-corrected chi connectivity index (χ0v) is 22.3. The van der Waals surface area contributed by atoms with Crippen LogP contribution < -0.4 is 10.2 Å². The van der Waals surface area contributed by atoms with E-state index in [-0.39, 0.29) is 6.09 Å². The molecule has 0 bridgehead atoms. The second kappa shape index (κ2) is 9.60. The van der Waals surface area contributed by atoms with Crippen molar-refractivity contribution in [2.75, 3.05) is 24.5 Å². The third-order valence-electron chi connectivity index (χ3n) is 6.19. The average Bonchev–Trinajstić information content (AvgIpc) is 3.24. The van der Waals surface area contributed by atoms with E-state index < -0.39 is 5.60 Å². The maximum atomic E-state index is 12.0. The van der Waals surface area contributed by atoms with Crippen molar-refractivity contribution < 1.29 is 9.53 Å². The van der Waals surface area contributed by atoms with E-state index in [1.165, 1.54) is 0 Å². The van der Waals surface area contributed by atoms with Gasteiger partial charge in [0.25, 0.3) is 0 Å². The second-order valence-electron chi connectivity index (χ2n) is 9.96. The smallest absolute Gasteiger partial charge is 0.407 e. The predicted octanol–water partition coefficient (Wildman–Crippen LogP) is 5.29. The highest BCUT2D eigenvalue weighted by molar-refractivity contribution is 14.1. The SMILES string of the molecule is CC(C)(C)OC(=O)NCC1CCN(c2cccc3ccc(-c4nnc5cc(I)ccn45)nc23)CC1. The quantitative estimate of drug-likeness (QED) is 0.329. The number of ether oxygens (including phenoxy) is 1. The fourth-order valence-corrected chi connectivity index (χ4v) is 4.91. The van der Waals surface area contributed by atoms with E-state index in [9.17, 15) is 4.79 Å². The number of nitrogens with zero attached hydrogens (tertiary/aromatic N) is 5. The first-order chi connectivity index (χ1) is 16.8. The Kier molecular flexibility index (Phi) is 6.52. The van der Waals surface area contributed by atoms with Crippen molar-refractivity contribution in [1.82, 2.24) is 24.9 Å². The summed E-state index contributed by atoms with van der Waals surface area (Å²) in [4.78, 5) is 19.4. The van der Waals surface area contributed by atoms with Gasteiger partial charge in [-0.05, 0) is 86.4 Å². The van der Waals surface area contributed by atoms with Gasteiger partial charge >= 0.3 is 6.09 Å². The predicted molar refractivity (Wildman–Crippen MR) is 146 cm³/mol. The Morgan fingerprint density at radius 2 is 1.94 bits per heavy atom. The van der Waals surface area contributed by atoms with Gasteiger partial charge in [-0.15, -0.1) is 10.2 Å². The van der Waals surface area contributed by atoms with Crippen LogP contribution in [0.5, 0.6) is 0 Å². The lowest BCUT2D eigenvalue weighted by atomic mass is 9.96. The molecule has 4 aromatic rings. The van der Waals surface area contributed by atoms with E-state index >= 15 is 0 Å². The molecule has 0 saturated carbocycles. The summed E-state index contributed by atoms with van der Waals surface area (Å²) in [6.07, 6.45) is 3.64. The summed E-state index contributed by atoms with van der Waals surface area (Å²) in [6, 6.07) is 14.5. The highest BCUT2D eigenvalue weighted by atomic mass is 127. The minimum Gasteiger partial charge on any atom is -0.444 e. The van der Waals surface area contributed by atoms with E-state index in [0.29, 0.717) is 12.5 Å². The summed E-state index contributed by atoms with van der Waals surface area (Å²) >= 11 is 2.28. The largest absolute Gasteiger partial charge is 0.444 e. The van der Waals surface area contributed by atoms with Gasteiger partial charge in [-0.1, -0.05) is 18.2 Å². The summed E-state index contributed by atoms with van der Waals surface area (Å²) in [7, 11) is 0. The number of amides is 1. The fourth-order valence-electron chi connectivity index (χ4n) is 4.47. The molecular formula is C26H29IN6O2. The lowest BCUT2D eigenvalue weighted by molar-refractivity contribution is 0.0517. The zero-order valence-electron chi connectivity index (χ0n) is 20.2. The number of alkyl carbamates (subject to hydrolysis) is 1. The van der Waals surface area contributed by atoms with E-state index in [4.69, 9.17) is 9.72 Å². The van der Waals surface area contributed by atoms with Gasteiger partial charge in [0.15, 0.2) is 11.5 Å². The molecule has 0 unspecified atom stereocenters. The Balaban J connectivity index is 1.32. The molecule has 182 valence electrons. The Bertz CT molecular complexity index is 1370. The summed E-state index contributed by atoms with van der Waals surface area (Å²) in [5.41, 5.74) is 3.23. The van der Waals surface area contributed by atoms with Crippen LogP contribution in [0, 0.1) is 9.49 Å². The van der Waals surface area contributed by atoms with Gasteiger partial charge in [0, 0.05) is 34.8 Å². The summed E-state index contributed by atoms with van der Waals surface area (Å²) in [5, 5.41) is 12.8. The number of anilines is 1. The summed E-state index contributed by atoms with van der Waals surface area (Å²) in [5.74, 6) is 1.17. The van der Waals surface area contributed by atoms with E-state index in [0.717, 1.165) is 63.3 Å². The molecule has 3 aromatic heterocycles. The fraction of sp³-hybridized carbons (Fsp3) is 0.385. The molecule has 1 aromatic carbocycles. The highest BCUT2D eigenvalue weighted by Crippen LogP contribution is 2.31. The first-order valence-electron chi connectivity index (χ1n) is 11.9. The average molecular weight is 584 g/mol. The molecular weight excluding hydrogens is 555 g/mol. The minimum atomic E-state index is -0.481. The number of rotatable bonds is 4. The molecule has 35 heavy (non-hydrogen) atoms. The van der Waals surface area contributed by atoms with Crippen molar-refractivity contribution in [2.24, 2.45) is 5.92 Å². The molecule has 1 N–H and O–H groups in total. The zero-order chi connectivity index (χ0) is 24.6. The van der Waals surface area contributed by atoms with Crippen molar-refractivity contribution in [3.8, 4) is 11.5 Å². The number of pyridine rings is 2. The topological polar surface area (TPSA) is 84.6 Å². The third kappa shape index (κ3) is 5.34. The van der Waals surface area contributed by atoms with Crippen LogP contribution in [0.3, 0.4) is 0 Å². The van der Waals surface area contributed by atoms with Crippen LogP contribution in [0.4, 0.5) is 10.5 Å². The van der Waals surface area contributed by atoms with Gasteiger partial charge in [-0.2, -0.15) is 0 Å². The molecule has 1 fully saturated rings. The molecule has 0 radical (unpaired) electrons. The van der Waals surface area contributed by atoms with E-state index in [1.54, 1.807) is 0 Å². The van der Waals surface area contributed by atoms with Crippen LogP contribution in [-0.4, -0.2) is 50.9 Å². The third-order valence-corrected chi connectivity index (χ3v) is 6.86. The number of aromatic nitrogens is 4. The van der Waals surface area contributed by atoms with E-state index in [2.05, 4.69) is 67.3 Å². The van der Waals surface area contributed by atoms with Crippen LogP contribution in [0.15, 0.2) is 48.7 Å². The highest BCUT2D eigenvalue weighted by Gasteiger charge is 2.23. The van der Waals surface area contributed by atoms with Crippen LogP contribution in [0.1, 0.15) is 33.6 Å². The Labute approximate surface area is 218 Å². The molecule has 9 heteroatoms. The van der Waals surface area contributed by atoms with Crippen molar-refractivity contribution in [3.63, 3.8) is 0 Å². The number of halogens is 1. The molecule has 1 aliphatic rings. The number of hydrogen-bond donors (Lipinski definition) is 1. The van der Waals surface area contributed by atoms with Crippen LogP contribution >= 0.6 is 22.6 Å². The standard InChI is InChI=1S/C26H29IN6O2/c1-26(2,3)35-25(34)28-16-17-9-12-32(13-10-17)21-6-4-5-18-7-8-20(29-23(18)21)24-31-30-22-15-19(27)11-14-33(22)24/h4-8,11,14-15,17H,9-10,12-13,16H2,1-3H3,(H,28,34). The van der Waals surface area contributed by atoms with Crippen LogP contribution in [0.2, 0.25) is 0 Å². The Hall–Kier alpha value is -2.95. The molecule has 0 aliphatic carbocycles. The van der Waals surface area contributed by atoms with Gasteiger partial charge in [0.05, 0.1) is 11.2 Å². The van der Waals surface area contributed by atoms with E-state index in [1.807, 2.05) is 49.6 Å². The molecule has 4 heterocycles. The van der Waals surface area contributed by atoms with Gasteiger partial charge in [-0.25, -0.2) is 9.78 Å². The molecule has 5 rings (SSSR count). The van der Waals surface area contributed by atoms with Crippen LogP contribution in [0.25, 0.3) is 28.1 Å². The number of carbonyl (C=O) groups excluding carboxylic acids is 1. The van der Waals surface area contributed by atoms with Crippen molar-refractivity contribution in [1.29, 1.82) is 0 Å². The number of piperidine rings is 1. The molecule has 1 amide bonds. The van der Waals surface area contributed by atoms with Gasteiger partial charge in [0.1, 0.15) is 11.3 Å². The number of benzene rings is 1. The molecule has 0 atom stereocenters. The maximum Gasteiger partial charge on any atom is 0.407 e. The minimum absolute atomic E-state index is 0.346. The molecule has 1 saturated heterocycles. The van der Waals surface area contributed by atoms with Gasteiger partial charge in [0.2, 0.25) is 0 Å². The normalized spacial score (nSPS) is 15.0. The van der Waals surface area contributed by atoms with Crippen molar-refractivity contribution >= 4 is 50.9 Å². The van der Waals surface area contributed by atoms with Gasteiger partial charge in [-0.3, -0.25) is 4.40 Å². The van der Waals surface area contributed by atoms with Crippen molar-refractivity contribution in [3.05, 3.63) is 52.2 Å². The first kappa shape index (κ1) is 23.8. The second-order valence-corrected chi connectivity index (χ2v) is 11.2. The molecule has 0 spiro atoms. The monoisotopic (exact) mass is 584 g/mol. The molecule has 1 aliphatic heterocycles. The Morgan fingerprint density at radius 1 is 1.14 bits per heavy atom. The lowest BCUT2D eigenvalue weighted by Crippen LogP contribution is -2.40. The summed E-state index contributed by atoms with van der Waals surface area (Å²) in [6.45, 7) is 8.10. The maximum absolute atomic E-state index is 12.0. The van der Waals surface area contributed by atoms with Crippen molar-refractivity contribution in [2.45, 2.75) is 39.2 Å². The number of nitrogens with one attached hydrogen (secondary N) is 1. The van der Waals surface area contributed by atoms with Crippen LogP contribution in [-0.2, 0) is 4.74 Å². The first-order valence-corrected chi connectivity index (χ1v) is 13.0. The lowest BCUT2D eigenvalue weighted by Gasteiger charge is -2.34. The number of fused-ring (bicyclic) bond motifs is 2. The number of carbonyl (C=O) groups is 1. The number of para-hydroxylation sites is 1. The molecule has 8 nitrogen and oxygen atoms in total. The van der Waals surface area contributed by atoms with Gasteiger partial charge < -0.3 is 15.0 Å². The summed E-state index contributed by atoms with van der Waals surface area (Å²) < 4.78 is 8.45.